The number of carbonyl (C=O) groups is 1. The Labute approximate surface area is 161 Å². The normalized spacial score (nSPS) is 17.8. The minimum absolute atomic E-state index is 0. The molecule has 1 saturated heterocycles. The van der Waals surface area contributed by atoms with E-state index in [1.165, 1.54) is 12.1 Å². The second-order valence-electron chi connectivity index (χ2n) is 6.31. The van der Waals surface area contributed by atoms with Gasteiger partial charge >= 0.3 is 6.29 Å². The lowest BCUT2D eigenvalue weighted by Gasteiger charge is -2.20. The molecular weight excluding hydrogens is 378 g/mol. The van der Waals surface area contributed by atoms with Crippen molar-refractivity contribution in [3.05, 3.63) is 48.0 Å². The van der Waals surface area contributed by atoms with E-state index in [2.05, 4.69) is 14.8 Å². The zero-order chi connectivity index (χ0) is 18.1. The Morgan fingerprint density at radius 1 is 1.00 bits per heavy atom. The van der Waals surface area contributed by atoms with Crippen molar-refractivity contribution >= 4 is 18.3 Å². The Balaban J connectivity index is 0.00000210. The van der Waals surface area contributed by atoms with Crippen LogP contribution in [0.4, 0.5) is 8.78 Å². The smallest absolute Gasteiger partial charge is 0.395 e. The van der Waals surface area contributed by atoms with E-state index in [1.54, 1.807) is 24.3 Å². The molecule has 0 radical (unpaired) electrons. The maximum Gasteiger partial charge on any atom is 0.586 e. The average molecular weight is 397 g/mol. The summed E-state index contributed by atoms with van der Waals surface area (Å²) in [6.07, 6.45) is -2.72. The lowest BCUT2D eigenvalue weighted by Crippen LogP contribution is -2.34. The lowest BCUT2D eigenvalue weighted by atomic mass is 10.0. The first-order chi connectivity index (χ1) is 12.5. The van der Waals surface area contributed by atoms with Gasteiger partial charge in [0, 0.05) is 25.2 Å². The molecule has 1 amide bonds. The lowest BCUT2D eigenvalue weighted by molar-refractivity contribution is -0.286. The van der Waals surface area contributed by atoms with Gasteiger partial charge in [-0.2, -0.15) is 0 Å². The molecule has 144 valence electrons. The van der Waals surface area contributed by atoms with E-state index in [-0.39, 0.29) is 29.8 Å². The molecule has 1 N–H and O–H groups in total. The molecular formula is C19H19ClF2N2O3. The van der Waals surface area contributed by atoms with Crippen LogP contribution in [0.15, 0.2) is 42.5 Å². The van der Waals surface area contributed by atoms with Crippen LogP contribution in [-0.2, 0) is 0 Å². The quantitative estimate of drug-likeness (QED) is 0.843. The molecule has 27 heavy (non-hydrogen) atoms. The highest BCUT2D eigenvalue weighted by molar-refractivity contribution is 5.95. The van der Waals surface area contributed by atoms with Crippen molar-refractivity contribution in [3.8, 4) is 22.6 Å². The van der Waals surface area contributed by atoms with Crippen molar-refractivity contribution in [2.75, 3.05) is 26.2 Å². The van der Waals surface area contributed by atoms with Gasteiger partial charge in [0.15, 0.2) is 11.5 Å². The predicted octanol–water partition coefficient (Wildman–Crippen LogP) is 3.53. The predicted molar refractivity (Wildman–Crippen MR) is 98.7 cm³/mol. The summed E-state index contributed by atoms with van der Waals surface area (Å²) in [6, 6.07) is 11.8. The van der Waals surface area contributed by atoms with E-state index in [0.717, 1.165) is 31.6 Å². The molecule has 2 aromatic carbocycles. The molecule has 0 bridgehead atoms. The van der Waals surface area contributed by atoms with Crippen molar-refractivity contribution in [1.29, 1.82) is 0 Å². The highest BCUT2D eigenvalue weighted by Gasteiger charge is 2.43. The molecule has 0 unspecified atom stereocenters. The van der Waals surface area contributed by atoms with E-state index in [1.807, 2.05) is 11.0 Å². The Morgan fingerprint density at radius 2 is 1.78 bits per heavy atom. The van der Waals surface area contributed by atoms with Gasteiger partial charge in [0.05, 0.1) is 0 Å². The molecule has 0 aliphatic carbocycles. The van der Waals surface area contributed by atoms with Gasteiger partial charge in [-0.25, -0.2) is 0 Å². The molecule has 1 fully saturated rings. The summed E-state index contributed by atoms with van der Waals surface area (Å²) in [5.74, 6) is -0.0336. The molecule has 0 saturated carbocycles. The number of amides is 1. The third kappa shape index (κ3) is 4.14. The van der Waals surface area contributed by atoms with Gasteiger partial charge in [0.2, 0.25) is 0 Å². The van der Waals surface area contributed by atoms with Crippen molar-refractivity contribution in [2.45, 2.75) is 12.7 Å². The minimum atomic E-state index is -3.64. The number of nitrogens with zero attached hydrogens (tertiary/aromatic N) is 1. The fraction of sp³-hybridized carbons (Fsp3) is 0.316. The Hall–Kier alpha value is -2.38. The summed E-state index contributed by atoms with van der Waals surface area (Å²) < 4.78 is 35.3. The second-order valence-corrected chi connectivity index (χ2v) is 6.31. The number of ether oxygens (including phenoxy) is 2. The molecule has 4 rings (SSSR count). The van der Waals surface area contributed by atoms with E-state index in [4.69, 9.17) is 0 Å². The number of fused-ring (bicyclic) bond motifs is 1. The second kappa shape index (κ2) is 7.70. The van der Waals surface area contributed by atoms with E-state index < -0.39 is 6.29 Å². The third-order valence-corrected chi connectivity index (χ3v) is 4.47. The first kappa shape index (κ1) is 19.4. The summed E-state index contributed by atoms with van der Waals surface area (Å²) in [5.41, 5.74) is 2.01. The van der Waals surface area contributed by atoms with Crippen molar-refractivity contribution in [3.63, 3.8) is 0 Å². The fourth-order valence-electron chi connectivity index (χ4n) is 3.19. The van der Waals surface area contributed by atoms with Crippen LogP contribution in [0.2, 0.25) is 0 Å². The van der Waals surface area contributed by atoms with Crippen LogP contribution in [0.1, 0.15) is 16.8 Å². The van der Waals surface area contributed by atoms with Crippen LogP contribution >= 0.6 is 12.4 Å². The van der Waals surface area contributed by atoms with Gasteiger partial charge in [0.25, 0.3) is 5.91 Å². The minimum Gasteiger partial charge on any atom is -0.395 e. The molecule has 2 aromatic rings. The summed E-state index contributed by atoms with van der Waals surface area (Å²) in [7, 11) is 0. The largest absolute Gasteiger partial charge is 0.586 e. The van der Waals surface area contributed by atoms with Crippen LogP contribution in [0.5, 0.6) is 11.5 Å². The van der Waals surface area contributed by atoms with Gasteiger partial charge in [-0.05, 0) is 48.4 Å². The summed E-state index contributed by atoms with van der Waals surface area (Å²) in [5, 5.41) is 3.27. The van der Waals surface area contributed by atoms with Gasteiger partial charge in [-0.15, -0.1) is 21.2 Å². The Morgan fingerprint density at radius 3 is 2.63 bits per heavy atom. The summed E-state index contributed by atoms with van der Waals surface area (Å²) in [6.45, 7) is 3.07. The number of halogens is 3. The standard InChI is InChI=1S/C19H18F2N2O3.ClH/c20-19(21)25-16-6-5-14(12-17(16)26-19)13-3-1-4-15(11-13)18(24)23-9-2-7-22-8-10-23;/h1,3-6,11-12,22H,2,7-10H2;1H. The Kier molecular flexibility index (Phi) is 5.53. The average Bonchev–Trinajstić information content (AvgIpc) is 2.79. The number of hydrogen-bond acceptors (Lipinski definition) is 4. The molecule has 2 heterocycles. The SMILES string of the molecule is Cl.O=C(c1cccc(-c2ccc3c(c2)OC(F)(F)O3)c1)N1CCCNCC1. The first-order valence-corrected chi connectivity index (χ1v) is 8.52. The van der Waals surface area contributed by atoms with E-state index in [9.17, 15) is 13.6 Å². The number of nitrogens with one attached hydrogen (secondary N) is 1. The van der Waals surface area contributed by atoms with Gasteiger partial charge < -0.3 is 19.7 Å². The van der Waals surface area contributed by atoms with Gasteiger partial charge in [0.1, 0.15) is 0 Å². The topological polar surface area (TPSA) is 50.8 Å². The molecule has 0 atom stereocenters. The molecule has 8 heteroatoms. The number of alkyl halides is 2. The van der Waals surface area contributed by atoms with Gasteiger partial charge in [-0.3, -0.25) is 4.79 Å². The van der Waals surface area contributed by atoms with Crippen LogP contribution in [-0.4, -0.2) is 43.3 Å². The fourth-order valence-corrected chi connectivity index (χ4v) is 3.19. The molecule has 5 nitrogen and oxygen atoms in total. The summed E-state index contributed by atoms with van der Waals surface area (Å²) in [4.78, 5) is 14.6. The van der Waals surface area contributed by atoms with E-state index in [0.29, 0.717) is 17.7 Å². The molecule has 2 aliphatic heterocycles. The monoisotopic (exact) mass is 396 g/mol. The van der Waals surface area contributed by atoms with Crippen LogP contribution in [0.25, 0.3) is 11.1 Å². The molecule has 0 spiro atoms. The number of hydrogen-bond donors (Lipinski definition) is 1. The number of rotatable bonds is 2. The zero-order valence-corrected chi connectivity index (χ0v) is 15.2. The Bertz CT molecular complexity index is 839. The van der Waals surface area contributed by atoms with Crippen molar-refractivity contribution < 1.29 is 23.0 Å². The zero-order valence-electron chi connectivity index (χ0n) is 14.4. The van der Waals surface area contributed by atoms with Gasteiger partial charge in [-0.1, -0.05) is 18.2 Å². The number of carbonyl (C=O) groups excluding carboxylic acids is 1. The third-order valence-electron chi connectivity index (χ3n) is 4.47. The van der Waals surface area contributed by atoms with Crippen molar-refractivity contribution in [1.82, 2.24) is 10.2 Å². The van der Waals surface area contributed by atoms with Crippen LogP contribution < -0.4 is 14.8 Å². The molecule has 0 aromatic heterocycles. The maximum absolute atomic E-state index is 13.2. The molecule has 2 aliphatic rings. The van der Waals surface area contributed by atoms with Crippen LogP contribution in [0.3, 0.4) is 0 Å². The highest BCUT2D eigenvalue weighted by atomic mass is 35.5. The van der Waals surface area contributed by atoms with E-state index >= 15 is 0 Å². The summed E-state index contributed by atoms with van der Waals surface area (Å²) >= 11 is 0. The van der Waals surface area contributed by atoms with Crippen LogP contribution in [0, 0.1) is 0 Å². The first-order valence-electron chi connectivity index (χ1n) is 8.52. The van der Waals surface area contributed by atoms with Crippen molar-refractivity contribution in [2.24, 2.45) is 0 Å². The number of benzene rings is 2. The highest BCUT2D eigenvalue weighted by Crippen LogP contribution is 2.42. The maximum atomic E-state index is 13.2.